The van der Waals surface area contributed by atoms with Crippen molar-refractivity contribution in [2.24, 2.45) is 5.92 Å². The summed E-state index contributed by atoms with van der Waals surface area (Å²) in [5.41, 5.74) is 2.36. The molecule has 3 nitrogen and oxygen atoms in total. The van der Waals surface area contributed by atoms with Gasteiger partial charge in [-0.3, -0.25) is 0 Å². The maximum Gasteiger partial charge on any atom is 0.184 e. The number of thiazole rings is 1. The number of anilines is 1. The van der Waals surface area contributed by atoms with Crippen LogP contribution in [-0.4, -0.2) is 24.2 Å². The lowest BCUT2D eigenvalue weighted by molar-refractivity contribution is 0.0538. The summed E-state index contributed by atoms with van der Waals surface area (Å²) in [5, 5.41) is 4.60. The molecule has 96 valence electrons. The van der Waals surface area contributed by atoms with Crippen molar-refractivity contribution >= 4 is 26.7 Å². The largest absolute Gasteiger partial charge is 0.381 e. The van der Waals surface area contributed by atoms with Crippen molar-refractivity contribution in [3.8, 4) is 0 Å². The number of ether oxygens (including phenoxy) is 1. The first kappa shape index (κ1) is 11.9. The molecule has 0 bridgehead atoms. The molecule has 0 saturated carbocycles. The molecule has 0 amide bonds. The Balaban J connectivity index is 1.81. The Morgan fingerprint density at radius 2 is 2.33 bits per heavy atom. The van der Waals surface area contributed by atoms with Gasteiger partial charge >= 0.3 is 0 Å². The summed E-state index contributed by atoms with van der Waals surface area (Å²) in [6, 6.07) is 6.92. The molecule has 2 unspecified atom stereocenters. The number of hydrogen-bond acceptors (Lipinski definition) is 4. The second kappa shape index (κ2) is 4.86. The van der Waals surface area contributed by atoms with Gasteiger partial charge in [0.1, 0.15) is 0 Å². The highest BCUT2D eigenvalue weighted by Crippen LogP contribution is 2.28. The molecule has 0 radical (unpaired) electrons. The summed E-state index contributed by atoms with van der Waals surface area (Å²) >= 11 is 1.74. The highest BCUT2D eigenvalue weighted by atomic mass is 32.1. The second-order valence-electron chi connectivity index (χ2n) is 5.08. The normalized spacial score (nSPS) is 24.3. The van der Waals surface area contributed by atoms with Crippen LogP contribution in [0.25, 0.3) is 10.2 Å². The van der Waals surface area contributed by atoms with Crippen molar-refractivity contribution < 1.29 is 4.74 Å². The minimum absolute atomic E-state index is 0.486. The number of aryl methyl sites for hydroxylation is 1. The van der Waals surface area contributed by atoms with Crippen LogP contribution in [0.2, 0.25) is 0 Å². The van der Waals surface area contributed by atoms with Crippen molar-refractivity contribution in [1.29, 1.82) is 0 Å². The van der Waals surface area contributed by atoms with E-state index in [1.54, 1.807) is 11.3 Å². The quantitative estimate of drug-likeness (QED) is 0.900. The van der Waals surface area contributed by atoms with E-state index in [4.69, 9.17) is 4.74 Å². The average molecular weight is 262 g/mol. The van der Waals surface area contributed by atoms with Gasteiger partial charge < -0.3 is 10.1 Å². The van der Waals surface area contributed by atoms with Gasteiger partial charge in [0.2, 0.25) is 0 Å². The molecule has 1 aromatic carbocycles. The zero-order valence-corrected chi connectivity index (χ0v) is 11.6. The Bertz CT molecular complexity index is 552. The zero-order chi connectivity index (χ0) is 12.5. The van der Waals surface area contributed by atoms with Crippen LogP contribution < -0.4 is 5.32 Å². The molecule has 4 heteroatoms. The Morgan fingerprint density at radius 3 is 3.17 bits per heavy atom. The van der Waals surface area contributed by atoms with E-state index in [-0.39, 0.29) is 0 Å². The molecule has 0 spiro atoms. The predicted octanol–water partition coefficient (Wildman–Crippen LogP) is 3.44. The molecule has 1 aliphatic rings. The van der Waals surface area contributed by atoms with Crippen LogP contribution in [0.4, 0.5) is 5.13 Å². The van der Waals surface area contributed by atoms with Crippen molar-refractivity contribution in [3.05, 3.63) is 23.8 Å². The monoisotopic (exact) mass is 262 g/mol. The van der Waals surface area contributed by atoms with Gasteiger partial charge in [0.05, 0.1) is 16.8 Å². The predicted molar refractivity (Wildman–Crippen MR) is 76.4 cm³/mol. The van der Waals surface area contributed by atoms with Crippen LogP contribution >= 0.6 is 11.3 Å². The van der Waals surface area contributed by atoms with E-state index in [0.29, 0.717) is 12.0 Å². The smallest absolute Gasteiger partial charge is 0.184 e. The topological polar surface area (TPSA) is 34.1 Å². The maximum atomic E-state index is 5.47. The molecule has 0 aliphatic carbocycles. The lowest BCUT2D eigenvalue weighted by atomic mass is 9.98. The summed E-state index contributed by atoms with van der Waals surface area (Å²) in [7, 11) is 0. The summed E-state index contributed by atoms with van der Waals surface area (Å²) < 4.78 is 6.72. The van der Waals surface area contributed by atoms with Crippen LogP contribution in [0.5, 0.6) is 0 Å². The number of nitrogens with zero attached hydrogens (tertiary/aromatic N) is 1. The van der Waals surface area contributed by atoms with Gasteiger partial charge in [0.15, 0.2) is 5.13 Å². The Kier molecular flexibility index (Phi) is 3.22. The number of fused-ring (bicyclic) bond motifs is 1. The lowest BCUT2D eigenvalue weighted by Crippen LogP contribution is -2.35. The summed E-state index contributed by atoms with van der Waals surface area (Å²) in [6.07, 6.45) is 1.07. The standard InChI is InChI=1S/C14H18N2OS/c1-9-3-4-13-12(7-9)16-14(18-13)15-11-5-6-17-8-10(11)2/h3-4,7,10-11H,5-6,8H2,1-2H3,(H,15,16). The van der Waals surface area contributed by atoms with Crippen molar-refractivity contribution in [2.45, 2.75) is 26.3 Å². The fourth-order valence-electron chi connectivity index (χ4n) is 2.35. The van der Waals surface area contributed by atoms with Gasteiger partial charge in [0, 0.05) is 12.6 Å². The highest BCUT2D eigenvalue weighted by molar-refractivity contribution is 7.22. The molecule has 1 fully saturated rings. The van der Waals surface area contributed by atoms with Crippen molar-refractivity contribution in [2.75, 3.05) is 18.5 Å². The van der Waals surface area contributed by atoms with Crippen molar-refractivity contribution in [1.82, 2.24) is 4.98 Å². The number of nitrogens with one attached hydrogen (secondary N) is 1. The van der Waals surface area contributed by atoms with Crippen molar-refractivity contribution in [3.63, 3.8) is 0 Å². The molecule has 2 atom stereocenters. The first-order chi connectivity index (χ1) is 8.72. The van der Waals surface area contributed by atoms with Crippen LogP contribution in [0.3, 0.4) is 0 Å². The first-order valence-electron chi connectivity index (χ1n) is 6.44. The average Bonchev–Trinajstić information content (AvgIpc) is 2.73. The second-order valence-corrected chi connectivity index (χ2v) is 6.11. The summed E-state index contributed by atoms with van der Waals surface area (Å²) in [5.74, 6) is 0.549. The number of benzene rings is 1. The molecular formula is C14H18N2OS. The molecule has 1 N–H and O–H groups in total. The maximum absolute atomic E-state index is 5.47. The number of hydrogen-bond donors (Lipinski definition) is 1. The van der Waals surface area contributed by atoms with Gasteiger partial charge in [-0.05, 0) is 37.0 Å². The zero-order valence-electron chi connectivity index (χ0n) is 10.8. The SMILES string of the molecule is Cc1ccc2sc(NC3CCOCC3C)nc2c1. The molecule has 2 heterocycles. The molecular weight excluding hydrogens is 244 g/mol. The third-order valence-corrected chi connectivity index (χ3v) is 4.46. The van der Waals surface area contributed by atoms with Gasteiger partial charge in [-0.25, -0.2) is 4.98 Å². The molecule has 2 aromatic rings. The number of aromatic nitrogens is 1. The minimum Gasteiger partial charge on any atom is -0.381 e. The first-order valence-corrected chi connectivity index (χ1v) is 7.25. The van der Waals surface area contributed by atoms with E-state index in [0.717, 1.165) is 30.3 Å². The fraction of sp³-hybridized carbons (Fsp3) is 0.500. The van der Waals surface area contributed by atoms with Crippen LogP contribution in [0.15, 0.2) is 18.2 Å². The van der Waals surface area contributed by atoms with Gasteiger partial charge in [-0.1, -0.05) is 24.3 Å². The Morgan fingerprint density at radius 1 is 1.44 bits per heavy atom. The van der Waals surface area contributed by atoms with Crippen LogP contribution in [0.1, 0.15) is 18.9 Å². The Labute approximate surface area is 111 Å². The molecule has 1 aromatic heterocycles. The van der Waals surface area contributed by atoms with Gasteiger partial charge in [-0.15, -0.1) is 0 Å². The fourth-order valence-corrected chi connectivity index (χ4v) is 3.26. The van der Waals surface area contributed by atoms with Gasteiger partial charge in [0.25, 0.3) is 0 Å². The van der Waals surface area contributed by atoms with E-state index >= 15 is 0 Å². The molecule has 3 rings (SSSR count). The van der Waals surface area contributed by atoms with E-state index in [1.807, 2.05) is 0 Å². The third kappa shape index (κ3) is 2.35. The van der Waals surface area contributed by atoms with E-state index in [1.165, 1.54) is 10.3 Å². The number of rotatable bonds is 2. The highest BCUT2D eigenvalue weighted by Gasteiger charge is 2.22. The summed E-state index contributed by atoms with van der Waals surface area (Å²) in [4.78, 5) is 4.67. The van der Waals surface area contributed by atoms with E-state index in [2.05, 4.69) is 42.3 Å². The molecule has 18 heavy (non-hydrogen) atoms. The lowest BCUT2D eigenvalue weighted by Gasteiger charge is -2.29. The molecule has 1 saturated heterocycles. The third-order valence-electron chi connectivity index (χ3n) is 3.49. The Hall–Kier alpha value is -1.13. The summed E-state index contributed by atoms with van der Waals surface area (Å²) in [6.45, 7) is 6.04. The van der Waals surface area contributed by atoms with E-state index in [9.17, 15) is 0 Å². The van der Waals surface area contributed by atoms with Crippen LogP contribution in [0, 0.1) is 12.8 Å². The minimum atomic E-state index is 0.486. The molecule has 1 aliphatic heterocycles. The van der Waals surface area contributed by atoms with Crippen LogP contribution in [-0.2, 0) is 4.74 Å². The van der Waals surface area contributed by atoms with E-state index < -0.39 is 0 Å². The van der Waals surface area contributed by atoms with Gasteiger partial charge in [-0.2, -0.15) is 0 Å².